The van der Waals surface area contributed by atoms with Crippen LogP contribution in [0.25, 0.3) is 5.76 Å². The quantitative estimate of drug-likeness (QED) is 0.451. The summed E-state index contributed by atoms with van der Waals surface area (Å²) in [6.07, 6.45) is 0.742. The Morgan fingerprint density at radius 2 is 2.11 bits per heavy atom. The number of nitrogens with one attached hydrogen (secondary N) is 1. The maximum atomic E-state index is 12.8. The minimum absolute atomic E-state index is 0.139. The van der Waals surface area contributed by atoms with E-state index in [1.807, 2.05) is 36.5 Å². The Bertz CT molecular complexity index is 863. The standard InChI is InChI=1S/C19H24N4O3S/c1-11-14(12(2)21-20-11)17(24)15-16(13-7-5-10-27-13)23(19(26)18(15)25)9-6-8-22(3)4/h5,7,10,16,24H,6,8-9H2,1-4H3,(H,20,21)/b17-15+/t16-/m1/s1. The van der Waals surface area contributed by atoms with Gasteiger partial charge in [0.2, 0.25) is 0 Å². The number of aromatic nitrogens is 2. The van der Waals surface area contributed by atoms with E-state index in [0.717, 1.165) is 17.8 Å². The fourth-order valence-corrected chi connectivity index (χ4v) is 4.29. The fraction of sp³-hybridized carbons (Fsp3) is 0.421. The van der Waals surface area contributed by atoms with Crippen LogP contribution in [0, 0.1) is 13.8 Å². The van der Waals surface area contributed by atoms with Crippen LogP contribution in [0.15, 0.2) is 23.1 Å². The van der Waals surface area contributed by atoms with Gasteiger partial charge in [0.1, 0.15) is 5.76 Å². The summed E-state index contributed by atoms with van der Waals surface area (Å²) >= 11 is 1.47. The molecule has 7 nitrogen and oxygen atoms in total. The van der Waals surface area contributed by atoms with Crippen LogP contribution in [0.3, 0.4) is 0 Å². The lowest BCUT2D eigenvalue weighted by Crippen LogP contribution is -2.32. The van der Waals surface area contributed by atoms with E-state index >= 15 is 0 Å². The molecule has 0 aliphatic carbocycles. The lowest BCUT2D eigenvalue weighted by atomic mass is 9.99. The van der Waals surface area contributed by atoms with Gasteiger partial charge in [0.15, 0.2) is 0 Å². The van der Waals surface area contributed by atoms with Gasteiger partial charge in [-0.25, -0.2) is 0 Å². The smallest absolute Gasteiger partial charge is 0.295 e. The second kappa shape index (κ2) is 7.66. The summed E-state index contributed by atoms with van der Waals surface area (Å²) in [4.78, 5) is 30.0. The van der Waals surface area contributed by atoms with Crippen molar-refractivity contribution in [2.75, 3.05) is 27.2 Å². The van der Waals surface area contributed by atoms with Crippen molar-refractivity contribution in [3.8, 4) is 0 Å². The van der Waals surface area contributed by atoms with Crippen molar-refractivity contribution in [1.29, 1.82) is 0 Å². The number of aryl methyl sites for hydroxylation is 2. The van der Waals surface area contributed by atoms with E-state index in [1.54, 1.807) is 18.7 Å². The number of rotatable bonds is 6. The highest BCUT2D eigenvalue weighted by Gasteiger charge is 2.46. The molecule has 0 unspecified atom stereocenters. The second-order valence-electron chi connectivity index (χ2n) is 6.97. The van der Waals surface area contributed by atoms with Crippen LogP contribution in [0.5, 0.6) is 0 Å². The number of H-pyrrole nitrogens is 1. The normalized spacial score (nSPS) is 19.4. The van der Waals surface area contributed by atoms with Gasteiger partial charge in [0.05, 0.1) is 22.9 Å². The number of aromatic amines is 1. The summed E-state index contributed by atoms with van der Waals surface area (Å²) in [5, 5.41) is 19.8. The Kier molecular flexibility index (Phi) is 5.48. The molecule has 2 aromatic heterocycles. The maximum Gasteiger partial charge on any atom is 0.295 e. The number of aliphatic hydroxyl groups excluding tert-OH is 1. The fourth-order valence-electron chi connectivity index (χ4n) is 3.45. The number of amides is 1. The Hall–Kier alpha value is -2.45. The van der Waals surface area contributed by atoms with Crippen LogP contribution >= 0.6 is 11.3 Å². The number of hydrogen-bond acceptors (Lipinski definition) is 6. The predicted molar refractivity (Wildman–Crippen MR) is 105 cm³/mol. The molecule has 2 N–H and O–H groups in total. The van der Waals surface area contributed by atoms with E-state index in [9.17, 15) is 14.7 Å². The monoisotopic (exact) mass is 388 g/mol. The molecule has 1 aliphatic heterocycles. The zero-order chi connectivity index (χ0) is 19.7. The van der Waals surface area contributed by atoms with Crippen molar-refractivity contribution < 1.29 is 14.7 Å². The molecule has 0 bridgehead atoms. The Morgan fingerprint density at radius 1 is 1.37 bits per heavy atom. The summed E-state index contributed by atoms with van der Waals surface area (Å²) in [5.41, 5.74) is 1.88. The highest BCUT2D eigenvalue weighted by Crippen LogP contribution is 2.41. The first-order valence-corrected chi connectivity index (χ1v) is 9.69. The summed E-state index contributed by atoms with van der Waals surface area (Å²) < 4.78 is 0. The molecule has 1 saturated heterocycles. The van der Waals surface area contributed by atoms with Gasteiger partial charge in [-0.1, -0.05) is 6.07 Å². The molecule has 0 spiro atoms. The Morgan fingerprint density at radius 3 is 2.67 bits per heavy atom. The van der Waals surface area contributed by atoms with Gasteiger partial charge < -0.3 is 14.9 Å². The third-order valence-electron chi connectivity index (χ3n) is 4.72. The van der Waals surface area contributed by atoms with Crippen LogP contribution in [0.4, 0.5) is 0 Å². The van der Waals surface area contributed by atoms with Gasteiger partial charge in [0.25, 0.3) is 11.7 Å². The molecule has 0 aromatic carbocycles. The summed E-state index contributed by atoms with van der Waals surface area (Å²) in [5.74, 6) is -1.37. The molecular weight excluding hydrogens is 364 g/mol. The van der Waals surface area contributed by atoms with E-state index in [2.05, 4.69) is 10.2 Å². The Balaban J connectivity index is 2.08. The first kappa shape index (κ1) is 19.3. The van der Waals surface area contributed by atoms with Crippen LogP contribution in [-0.4, -0.2) is 64.0 Å². The topological polar surface area (TPSA) is 89.5 Å². The average Bonchev–Trinajstić information content (AvgIpc) is 3.30. The molecule has 1 atom stereocenters. The maximum absolute atomic E-state index is 12.8. The highest BCUT2D eigenvalue weighted by molar-refractivity contribution is 7.10. The summed E-state index contributed by atoms with van der Waals surface area (Å²) in [7, 11) is 3.94. The van der Waals surface area contributed by atoms with Gasteiger partial charge in [-0.05, 0) is 52.4 Å². The second-order valence-corrected chi connectivity index (χ2v) is 7.95. The minimum Gasteiger partial charge on any atom is -0.507 e. The zero-order valence-electron chi connectivity index (χ0n) is 15.9. The van der Waals surface area contributed by atoms with Crippen LogP contribution in [0.2, 0.25) is 0 Å². The lowest BCUT2D eigenvalue weighted by Gasteiger charge is -2.24. The van der Waals surface area contributed by atoms with Crippen molar-refractivity contribution in [2.45, 2.75) is 26.3 Å². The summed E-state index contributed by atoms with van der Waals surface area (Å²) in [6.45, 7) is 4.79. The number of ketones is 1. The van der Waals surface area contributed by atoms with E-state index < -0.39 is 17.7 Å². The SMILES string of the molecule is Cc1n[nH]c(C)c1/C(O)=C1\C(=O)C(=O)N(CCCN(C)C)[C@@H]1c1cccs1. The molecule has 3 heterocycles. The molecule has 1 aliphatic rings. The molecule has 144 valence electrons. The number of carbonyl (C=O) groups excluding carboxylic acids is 2. The van der Waals surface area contributed by atoms with Gasteiger partial charge in [-0.15, -0.1) is 11.3 Å². The summed E-state index contributed by atoms with van der Waals surface area (Å²) in [6, 6.07) is 3.21. The molecule has 8 heteroatoms. The molecule has 2 aromatic rings. The lowest BCUT2D eigenvalue weighted by molar-refractivity contribution is -0.139. The van der Waals surface area contributed by atoms with Gasteiger partial charge in [0, 0.05) is 17.1 Å². The number of Topliss-reactive ketones (excluding diaryl/α,β-unsaturated/α-hetero) is 1. The minimum atomic E-state index is -0.643. The number of nitrogens with zero attached hydrogens (tertiary/aromatic N) is 3. The first-order chi connectivity index (χ1) is 12.8. The molecule has 27 heavy (non-hydrogen) atoms. The van der Waals surface area contributed by atoms with Crippen LogP contribution in [0.1, 0.15) is 34.3 Å². The molecular formula is C19H24N4O3S. The molecule has 1 fully saturated rings. The van der Waals surface area contributed by atoms with Crippen molar-refractivity contribution in [2.24, 2.45) is 0 Å². The number of likely N-dealkylation sites (tertiary alicyclic amines) is 1. The third kappa shape index (κ3) is 3.54. The molecule has 3 rings (SSSR count). The van der Waals surface area contributed by atoms with Crippen molar-refractivity contribution in [3.63, 3.8) is 0 Å². The molecule has 1 amide bonds. The van der Waals surface area contributed by atoms with E-state index in [4.69, 9.17) is 0 Å². The number of thiophene rings is 1. The number of aliphatic hydroxyl groups is 1. The van der Waals surface area contributed by atoms with E-state index in [1.165, 1.54) is 11.3 Å². The van der Waals surface area contributed by atoms with Crippen LogP contribution in [-0.2, 0) is 9.59 Å². The van der Waals surface area contributed by atoms with Crippen molar-refractivity contribution >= 4 is 28.8 Å². The van der Waals surface area contributed by atoms with E-state index in [0.29, 0.717) is 23.5 Å². The first-order valence-electron chi connectivity index (χ1n) is 8.81. The van der Waals surface area contributed by atoms with Crippen molar-refractivity contribution in [1.82, 2.24) is 20.0 Å². The van der Waals surface area contributed by atoms with Crippen molar-refractivity contribution in [3.05, 3.63) is 44.9 Å². The number of carbonyl (C=O) groups is 2. The van der Waals surface area contributed by atoms with E-state index in [-0.39, 0.29) is 11.3 Å². The number of hydrogen-bond donors (Lipinski definition) is 2. The zero-order valence-corrected chi connectivity index (χ0v) is 16.8. The van der Waals surface area contributed by atoms with Gasteiger partial charge >= 0.3 is 0 Å². The predicted octanol–water partition coefficient (Wildman–Crippen LogP) is 2.46. The largest absolute Gasteiger partial charge is 0.507 e. The van der Waals surface area contributed by atoms with Gasteiger partial charge in [-0.2, -0.15) is 5.10 Å². The van der Waals surface area contributed by atoms with Gasteiger partial charge in [-0.3, -0.25) is 14.7 Å². The Labute approximate surface area is 162 Å². The van der Waals surface area contributed by atoms with Crippen LogP contribution < -0.4 is 0 Å². The third-order valence-corrected chi connectivity index (χ3v) is 5.65. The molecule has 0 radical (unpaired) electrons. The molecule has 0 saturated carbocycles. The highest BCUT2D eigenvalue weighted by atomic mass is 32.1. The average molecular weight is 388 g/mol.